The van der Waals surface area contributed by atoms with Crippen molar-refractivity contribution >= 4 is 27.9 Å². The van der Waals surface area contributed by atoms with Gasteiger partial charge in [-0.2, -0.15) is 0 Å². The molecule has 2 N–H and O–H groups in total. The topological polar surface area (TPSA) is 167 Å². The van der Waals surface area contributed by atoms with E-state index in [1.165, 1.54) is 14.2 Å². The Morgan fingerprint density at radius 1 is 1.00 bits per heavy atom. The van der Waals surface area contributed by atoms with Crippen LogP contribution in [0.3, 0.4) is 0 Å². The van der Waals surface area contributed by atoms with Gasteiger partial charge in [0.05, 0.1) is 39.5 Å². The molecule has 1 aromatic carbocycles. The van der Waals surface area contributed by atoms with Crippen molar-refractivity contribution in [3.8, 4) is 11.5 Å². The van der Waals surface area contributed by atoms with E-state index in [4.69, 9.17) is 47.4 Å². The molecule has 0 bridgehead atoms. The van der Waals surface area contributed by atoms with E-state index in [-0.39, 0.29) is 43.4 Å². The number of allylic oxidation sites excluding steroid dienone is 2. The SMILES string of the molecule is COC1=CC([C@@H]2c3cc4c(cc3[C@@H](O[C@@H]3O[C@@H]5CO[C@@H](C)O[C@H]5[C@H](O)[C@H]3O)[C@H]3COC(=O)[C@@H]32)OCO4)CC(OC)=C1OC(=O)CBr. The first-order chi connectivity index (χ1) is 22.2. The monoisotopic (exact) mass is 710 g/mol. The van der Waals surface area contributed by atoms with E-state index in [9.17, 15) is 19.8 Å². The number of carbonyl (C=O) groups is 2. The predicted molar refractivity (Wildman–Crippen MR) is 155 cm³/mol. The molecule has 1 unspecified atom stereocenters. The fourth-order valence-corrected chi connectivity index (χ4v) is 7.50. The second-order valence-electron chi connectivity index (χ2n) is 11.9. The van der Waals surface area contributed by atoms with Crippen LogP contribution in [0, 0.1) is 17.8 Å². The number of aliphatic hydroxyl groups is 2. The highest BCUT2D eigenvalue weighted by atomic mass is 79.9. The van der Waals surface area contributed by atoms with Gasteiger partial charge < -0.3 is 57.6 Å². The zero-order valence-electron chi connectivity index (χ0n) is 25.3. The number of aliphatic hydroxyl groups excluding tert-OH is 2. The van der Waals surface area contributed by atoms with Gasteiger partial charge in [0.2, 0.25) is 12.6 Å². The van der Waals surface area contributed by atoms with Crippen molar-refractivity contribution in [3.63, 3.8) is 0 Å². The number of rotatable bonds is 7. The Kier molecular flexibility index (Phi) is 8.67. The first-order valence-corrected chi connectivity index (χ1v) is 16.2. The first kappa shape index (κ1) is 31.7. The van der Waals surface area contributed by atoms with Crippen LogP contribution < -0.4 is 9.47 Å². The van der Waals surface area contributed by atoms with Gasteiger partial charge in [0.15, 0.2) is 29.8 Å². The highest BCUT2D eigenvalue weighted by molar-refractivity contribution is 9.09. The molecule has 15 heteroatoms. The number of hydrogen-bond acceptors (Lipinski definition) is 14. The number of hydrogen-bond donors (Lipinski definition) is 2. The fraction of sp³-hybridized carbons (Fsp3) is 0.613. The molecule has 3 saturated heterocycles. The van der Waals surface area contributed by atoms with Gasteiger partial charge in [-0.25, -0.2) is 0 Å². The van der Waals surface area contributed by atoms with E-state index in [0.29, 0.717) is 28.6 Å². The summed E-state index contributed by atoms with van der Waals surface area (Å²) in [4.78, 5) is 25.8. The summed E-state index contributed by atoms with van der Waals surface area (Å²) in [6.45, 7) is 1.92. The van der Waals surface area contributed by atoms with E-state index in [1.54, 1.807) is 6.92 Å². The average Bonchev–Trinajstić information content (AvgIpc) is 3.68. The summed E-state index contributed by atoms with van der Waals surface area (Å²) in [6, 6.07) is 3.65. The molecule has 2 aliphatic carbocycles. The van der Waals surface area contributed by atoms with Crippen molar-refractivity contribution in [1.82, 2.24) is 0 Å². The summed E-state index contributed by atoms with van der Waals surface area (Å²) >= 11 is 3.11. The Bertz CT molecular complexity index is 1440. The van der Waals surface area contributed by atoms with Crippen molar-refractivity contribution < 1.29 is 67.2 Å². The van der Waals surface area contributed by atoms with Crippen LogP contribution in [0.2, 0.25) is 0 Å². The number of methoxy groups -OCH3 is 2. The van der Waals surface area contributed by atoms with Crippen LogP contribution in [0.4, 0.5) is 0 Å². The molecular weight excluding hydrogens is 676 g/mol. The zero-order chi connectivity index (χ0) is 32.3. The number of fused-ring (bicyclic) bond motifs is 4. The van der Waals surface area contributed by atoms with E-state index < -0.39 is 72.8 Å². The maximum atomic E-state index is 13.6. The minimum absolute atomic E-state index is 0.0227. The van der Waals surface area contributed by atoms with Crippen LogP contribution in [0.25, 0.3) is 0 Å². The van der Waals surface area contributed by atoms with E-state index in [1.807, 2.05) is 18.2 Å². The molecule has 0 radical (unpaired) electrons. The quantitative estimate of drug-likeness (QED) is 0.311. The van der Waals surface area contributed by atoms with Crippen molar-refractivity contribution in [1.29, 1.82) is 0 Å². The van der Waals surface area contributed by atoms with Crippen LogP contribution in [-0.2, 0) is 47.5 Å². The molecule has 0 saturated carbocycles. The van der Waals surface area contributed by atoms with Gasteiger partial charge in [-0.1, -0.05) is 15.9 Å². The van der Waals surface area contributed by atoms with Gasteiger partial charge in [0.25, 0.3) is 0 Å². The molecule has 250 valence electrons. The lowest BCUT2D eigenvalue weighted by Crippen LogP contribution is -2.63. The molecule has 0 aromatic heterocycles. The van der Waals surface area contributed by atoms with Crippen LogP contribution in [0.15, 0.2) is 35.5 Å². The third-order valence-electron chi connectivity index (χ3n) is 9.45. The number of benzene rings is 1. The van der Waals surface area contributed by atoms with Crippen molar-refractivity contribution in [2.45, 2.75) is 62.4 Å². The highest BCUT2D eigenvalue weighted by Crippen LogP contribution is 2.57. The fourth-order valence-electron chi connectivity index (χ4n) is 7.39. The molecule has 4 aliphatic heterocycles. The molecule has 1 aromatic rings. The maximum absolute atomic E-state index is 13.6. The summed E-state index contributed by atoms with van der Waals surface area (Å²) < 4.78 is 57.9. The van der Waals surface area contributed by atoms with E-state index in [2.05, 4.69) is 15.9 Å². The average molecular weight is 712 g/mol. The molecule has 0 amide bonds. The second kappa shape index (κ2) is 12.6. The summed E-state index contributed by atoms with van der Waals surface area (Å²) in [5.74, 6) is -1.11. The molecule has 4 heterocycles. The summed E-state index contributed by atoms with van der Waals surface area (Å²) in [5.41, 5.74) is 1.43. The maximum Gasteiger partial charge on any atom is 0.322 e. The van der Waals surface area contributed by atoms with Crippen molar-refractivity contribution in [3.05, 3.63) is 46.6 Å². The van der Waals surface area contributed by atoms with Crippen LogP contribution >= 0.6 is 15.9 Å². The number of carbonyl (C=O) groups excluding carboxylic acids is 2. The van der Waals surface area contributed by atoms with Gasteiger partial charge in [0.1, 0.15) is 35.5 Å². The third kappa shape index (κ3) is 5.35. The molecule has 7 rings (SSSR count). The van der Waals surface area contributed by atoms with Gasteiger partial charge in [-0.3, -0.25) is 9.59 Å². The van der Waals surface area contributed by atoms with Gasteiger partial charge in [-0.05, 0) is 42.2 Å². The number of alkyl halides is 1. The molecule has 3 fully saturated rings. The molecule has 46 heavy (non-hydrogen) atoms. The van der Waals surface area contributed by atoms with E-state index in [0.717, 1.165) is 5.56 Å². The Balaban J connectivity index is 1.27. The standard InChI is InChI=1S/C31H35BrO14/c1-12-39-10-21-29(43-12)25(34)26(35)31(44-21)46-27-15-7-18-17(41-11-42-18)6-14(15)23(24-16(27)9-40-30(24)36)13-4-19(37-2)28(20(5-13)38-3)45-22(33)8-32/h4,6-7,12-13,16,21,23-27,29,31,34-35H,5,8-11H2,1-3H3/t12-,13?,16+,21-,23-,24+,25-,26-,27-,29-,31+/m1/s1. The number of halogens is 1. The predicted octanol–water partition coefficient (Wildman–Crippen LogP) is 1.91. The molecular formula is C31H35BrO14. The Labute approximate surface area is 272 Å². The van der Waals surface area contributed by atoms with Crippen LogP contribution in [0.5, 0.6) is 11.5 Å². The minimum Gasteiger partial charge on any atom is -0.497 e. The molecule has 6 aliphatic rings. The van der Waals surface area contributed by atoms with Gasteiger partial charge in [-0.15, -0.1) is 0 Å². The lowest BCUT2D eigenvalue weighted by atomic mass is 9.63. The van der Waals surface area contributed by atoms with Gasteiger partial charge in [0, 0.05) is 18.3 Å². The summed E-state index contributed by atoms with van der Waals surface area (Å²) in [5, 5.41) is 22.1. The lowest BCUT2D eigenvalue weighted by molar-refractivity contribution is -0.364. The number of esters is 2. The molecule has 14 nitrogen and oxygen atoms in total. The van der Waals surface area contributed by atoms with Crippen molar-refractivity contribution in [2.75, 3.05) is 39.6 Å². The smallest absolute Gasteiger partial charge is 0.322 e. The Morgan fingerprint density at radius 2 is 1.76 bits per heavy atom. The zero-order valence-corrected chi connectivity index (χ0v) is 26.9. The first-order valence-electron chi connectivity index (χ1n) is 15.1. The largest absolute Gasteiger partial charge is 0.497 e. The molecule has 11 atom stereocenters. The van der Waals surface area contributed by atoms with Crippen molar-refractivity contribution in [2.24, 2.45) is 17.8 Å². The van der Waals surface area contributed by atoms with E-state index >= 15 is 0 Å². The Hall–Kier alpha value is -2.92. The highest BCUT2D eigenvalue weighted by Gasteiger charge is 2.57. The normalized spacial score (nSPS) is 37.8. The minimum atomic E-state index is -1.45. The third-order valence-corrected chi connectivity index (χ3v) is 9.91. The van der Waals surface area contributed by atoms with Crippen LogP contribution in [-0.4, -0.2) is 98.7 Å². The van der Waals surface area contributed by atoms with Gasteiger partial charge >= 0.3 is 11.9 Å². The second-order valence-corrected chi connectivity index (χ2v) is 12.5. The summed E-state index contributed by atoms with van der Waals surface area (Å²) in [6.07, 6.45) is -4.74. The van der Waals surface area contributed by atoms with Crippen LogP contribution in [0.1, 0.15) is 36.5 Å². The number of cyclic esters (lactones) is 1. The lowest BCUT2D eigenvalue weighted by Gasteiger charge is -2.48. The number of ether oxygens (including phenoxy) is 10. The summed E-state index contributed by atoms with van der Waals surface area (Å²) in [7, 11) is 2.94. The molecule has 0 spiro atoms. The Morgan fingerprint density at radius 3 is 2.48 bits per heavy atom.